The summed E-state index contributed by atoms with van der Waals surface area (Å²) in [7, 11) is -4.27. The van der Waals surface area contributed by atoms with E-state index >= 15 is 0 Å². The lowest BCUT2D eigenvalue weighted by Gasteiger charge is -2.07. The van der Waals surface area contributed by atoms with Gasteiger partial charge in [-0.15, -0.1) is 0 Å². The number of benzene rings is 1. The SMILES string of the molecule is NS(=O)(=O)c1cc(C(=O)NC2CC2)cc([N+](=O)[O-])c1Cl. The molecule has 0 radical (unpaired) electrons. The van der Waals surface area contributed by atoms with Crippen molar-refractivity contribution in [1.82, 2.24) is 5.32 Å². The normalized spacial score (nSPS) is 14.9. The molecule has 0 aliphatic heterocycles. The van der Waals surface area contributed by atoms with Crippen molar-refractivity contribution in [2.45, 2.75) is 23.8 Å². The molecule has 1 amide bonds. The molecule has 0 saturated heterocycles. The fraction of sp³-hybridized carbons (Fsp3) is 0.300. The average molecular weight is 320 g/mol. The molecule has 20 heavy (non-hydrogen) atoms. The third-order valence-electron chi connectivity index (χ3n) is 2.70. The minimum absolute atomic E-state index is 0.0233. The van der Waals surface area contributed by atoms with Crippen LogP contribution in [0.2, 0.25) is 5.02 Å². The summed E-state index contributed by atoms with van der Waals surface area (Å²) in [6.45, 7) is 0. The zero-order chi connectivity index (χ0) is 15.1. The second-order valence-electron chi connectivity index (χ2n) is 4.36. The number of nitro benzene ring substituents is 1. The summed E-state index contributed by atoms with van der Waals surface area (Å²) in [5.41, 5.74) is -0.851. The number of amides is 1. The molecule has 0 aromatic heterocycles. The van der Waals surface area contributed by atoms with Crippen molar-refractivity contribution in [2.24, 2.45) is 5.14 Å². The molecular formula is C10H10ClN3O5S. The van der Waals surface area contributed by atoms with E-state index in [-0.39, 0.29) is 11.6 Å². The predicted molar refractivity (Wildman–Crippen MR) is 70.0 cm³/mol. The van der Waals surface area contributed by atoms with E-state index in [1.165, 1.54) is 0 Å². The summed E-state index contributed by atoms with van der Waals surface area (Å²) < 4.78 is 22.8. The van der Waals surface area contributed by atoms with Crippen LogP contribution in [0.5, 0.6) is 0 Å². The minimum atomic E-state index is -4.27. The van der Waals surface area contributed by atoms with E-state index in [4.69, 9.17) is 16.7 Å². The van der Waals surface area contributed by atoms with Crippen LogP contribution in [0.4, 0.5) is 5.69 Å². The van der Waals surface area contributed by atoms with E-state index in [0.717, 1.165) is 25.0 Å². The van der Waals surface area contributed by atoms with Crippen LogP contribution in [-0.2, 0) is 10.0 Å². The fourth-order valence-corrected chi connectivity index (χ4v) is 2.70. The van der Waals surface area contributed by atoms with E-state index in [9.17, 15) is 23.3 Å². The summed E-state index contributed by atoms with van der Waals surface area (Å²) in [6, 6.07) is 1.88. The van der Waals surface area contributed by atoms with Crippen LogP contribution in [0.3, 0.4) is 0 Å². The van der Waals surface area contributed by atoms with Crippen LogP contribution >= 0.6 is 11.6 Å². The van der Waals surface area contributed by atoms with Crippen molar-refractivity contribution in [2.75, 3.05) is 0 Å². The zero-order valence-corrected chi connectivity index (χ0v) is 11.6. The van der Waals surface area contributed by atoms with Gasteiger partial charge in [0.05, 0.1) is 4.92 Å². The minimum Gasteiger partial charge on any atom is -0.349 e. The first-order valence-electron chi connectivity index (χ1n) is 5.51. The molecule has 1 aliphatic carbocycles. The molecule has 1 aromatic carbocycles. The number of hydrogen-bond donors (Lipinski definition) is 2. The second kappa shape index (κ2) is 5.00. The number of nitrogens with one attached hydrogen (secondary N) is 1. The smallest absolute Gasteiger partial charge is 0.290 e. The topological polar surface area (TPSA) is 132 Å². The third kappa shape index (κ3) is 3.06. The highest BCUT2D eigenvalue weighted by atomic mass is 35.5. The van der Waals surface area contributed by atoms with Gasteiger partial charge in [0.25, 0.3) is 11.6 Å². The number of halogens is 1. The first kappa shape index (κ1) is 14.7. The third-order valence-corrected chi connectivity index (χ3v) is 4.14. The monoisotopic (exact) mass is 319 g/mol. The highest BCUT2D eigenvalue weighted by Gasteiger charge is 2.28. The van der Waals surface area contributed by atoms with Gasteiger partial charge in [-0.3, -0.25) is 14.9 Å². The van der Waals surface area contributed by atoms with E-state index < -0.39 is 36.5 Å². The van der Waals surface area contributed by atoms with Crippen molar-refractivity contribution in [1.29, 1.82) is 0 Å². The lowest BCUT2D eigenvalue weighted by atomic mass is 10.2. The number of nitro groups is 1. The molecule has 0 unspecified atom stereocenters. The quantitative estimate of drug-likeness (QED) is 0.625. The van der Waals surface area contributed by atoms with Gasteiger partial charge in [-0.05, 0) is 18.9 Å². The van der Waals surface area contributed by atoms with Gasteiger partial charge in [-0.1, -0.05) is 11.6 Å². The number of nitrogens with zero attached hydrogens (tertiary/aromatic N) is 1. The van der Waals surface area contributed by atoms with Crippen molar-refractivity contribution in [3.05, 3.63) is 32.8 Å². The highest BCUT2D eigenvalue weighted by molar-refractivity contribution is 7.89. The summed E-state index contributed by atoms with van der Waals surface area (Å²) >= 11 is 5.65. The maximum absolute atomic E-state index is 11.8. The van der Waals surface area contributed by atoms with Gasteiger partial charge < -0.3 is 5.32 Å². The number of rotatable bonds is 4. The number of nitrogens with two attached hydrogens (primary N) is 1. The molecule has 8 nitrogen and oxygen atoms in total. The van der Waals surface area contributed by atoms with Gasteiger partial charge in [0, 0.05) is 17.7 Å². The fourth-order valence-electron chi connectivity index (χ4n) is 1.55. The first-order chi connectivity index (χ1) is 9.20. The standard InChI is InChI=1S/C10H10ClN3O5S/c11-9-7(14(16)17)3-5(4-8(9)20(12,18)19)10(15)13-6-1-2-6/h3-4,6H,1-2H2,(H,13,15)(H2,12,18,19). The van der Waals surface area contributed by atoms with Crippen molar-refractivity contribution < 1.29 is 18.1 Å². The van der Waals surface area contributed by atoms with E-state index in [0.29, 0.717) is 0 Å². The number of primary sulfonamides is 1. The van der Waals surface area contributed by atoms with Crippen LogP contribution in [-0.4, -0.2) is 25.3 Å². The Bertz CT molecular complexity index is 699. The first-order valence-corrected chi connectivity index (χ1v) is 7.44. The molecule has 1 aromatic rings. The highest BCUT2D eigenvalue weighted by Crippen LogP contribution is 2.32. The number of hydrogen-bond acceptors (Lipinski definition) is 5. The van der Waals surface area contributed by atoms with Gasteiger partial charge in [-0.25, -0.2) is 13.6 Å². The van der Waals surface area contributed by atoms with E-state index in [2.05, 4.69) is 5.32 Å². The van der Waals surface area contributed by atoms with Crippen LogP contribution in [0.1, 0.15) is 23.2 Å². The molecule has 0 spiro atoms. The average Bonchev–Trinajstić information content (AvgIpc) is 3.11. The Morgan fingerprint density at radius 1 is 1.45 bits per heavy atom. The maximum Gasteiger partial charge on any atom is 0.290 e. The van der Waals surface area contributed by atoms with Gasteiger partial charge in [-0.2, -0.15) is 0 Å². The summed E-state index contributed by atoms with van der Waals surface area (Å²) in [6.07, 6.45) is 1.65. The number of carbonyl (C=O) groups excluding carboxylic acids is 1. The molecule has 108 valence electrons. The lowest BCUT2D eigenvalue weighted by Crippen LogP contribution is -2.26. The molecule has 0 heterocycles. The Balaban J connectivity index is 2.55. The molecule has 1 fully saturated rings. The van der Waals surface area contributed by atoms with Gasteiger partial charge in [0.2, 0.25) is 10.0 Å². The number of carbonyl (C=O) groups is 1. The van der Waals surface area contributed by atoms with Crippen LogP contribution < -0.4 is 10.5 Å². The molecule has 0 atom stereocenters. The Labute approximate surface area is 119 Å². The van der Waals surface area contributed by atoms with E-state index in [1.807, 2.05) is 0 Å². The van der Waals surface area contributed by atoms with Gasteiger partial charge in [0.1, 0.15) is 9.92 Å². The van der Waals surface area contributed by atoms with Crippen LogP contribution in [0.25, 0.3) is 0 Å². The summed E-state index contributed by atoms with van der Waals surface area (Å²) in [5, 5.41) is 17.8. The molecule has 2 rings (SSSR count). The Morgan fingerprint density at radius 2 is 2.05 bits per heavy atom. The molecule has 1 saturated carbocycles. The van der Waals surface area contributed by atoms with Crippen LogP contribution in [0, 0.1) is 10.1 Å². The van der Waals surface area contributed by atoms with Crippen molar-refractivity contribution in [3.8, 4) is 0 Å². The molecular weight excluding hydrogens is 310 g/mol. The second-order valence-corrected chi connectivity index (χ2v) is 6.27. The van der Waals surface area contributed by atoms with E-state index in [1.54, 1.807) is 0 Å². The van der Waals surface area contributed by atoms with Gasteiger partial charge in [0.15, 0.2) is 0 Å². The molecule has 1 aliphatic rings. The van der Waals surface area contributed by atoms with Crippen LogP contribution in [0.15, 0.2) is 17.0 Å². The molecule has 0 bridgehead atoms. The predicted octanol–water partition coefficient (Wildman–Crippen LogP) is 0.788. The molecule has 3 N–H and O–H groups in total. The van der Waals surface area contributed by atoms with Crippen molar-refractivity contribution in [3.63, 3.8) is 0 Å². The summed E-state index contributed by atoms with van der Waals surface area (Å²) in [4.78, 5) is 21.2. The lowest BCUT2D eigenvalue weighted by molar-refractivity contribution is -0.384. The molecule has 10 heteroatoms. The maximum atomic E-state index is 11.8. The number of sulfonamides is 1. The Morgan fingerprint density at radius 3 is 2.50 bits per heavy atom. The largest absolute Gasteiger partial charge is 0.349 e. The van der Waals surface area contributed by atoms with Crippen molar-refractivity contribution >= 4 is 33.2 Å². The Kier molecular flexibility index (Phi) is 3.67. The summed E-state index contributed by atoms with van der Waals surface area (Å²) in [5.74, 6) is -0.600. The van der Waals surface area contributed by atoms with Gasteiger partial charge >= 0.3 is 0 Å². The Hall–Kier alpha value is -1.71. The zero-order valence-electron chi connectivity index (χ0n) is 10.00.